The second-order valence-corrected chi connectivity index (χ2v) is 7.13. The summed E-state index contributed by atoms with van der Waals surface area (Å²) < 4.78 is 0.0735. The first-order chi connectivity index (χ1) is 13.3. The van der Waals surface area contributed by atoms with Gasteiger partial charge in [-0.25, -0.2) is 10.2 Å². The van der Waals surface area contributed by atoms with Gasteiger partial charge >= 0.3 is 6.03 Å². The summed E-state index contributed by atoms with van der Waals surface area (Å²) in [6, 6.07) is 11.4. The van der Waals surface area contributed by atoms with Gasteiger partial charge in [0.25, 0.3) is 11.6 Å². The van der Waals surface area contributed by atoms with E-state index in [0.717, 1.165) is 35.0 Å². The second kappa shape index (κ2) is 8.06. The molecule has 3 amide bonds. The number of nitro groups is 1. The van der Waals surface area contributed by atoms with E-state index in [4.69, 9.17) is 12.2 Å². The van der Waals surface area contributed by atoms with Crippen LogP contribution in [-0.2, 0) is 4.79 Å². The first kappa shape index (κ1) is 19.3. The van der Waals surface area contributed by atoms with Crippen LogP contribution in [0.25, 0.3) is 6.08 Å². The third kappa shape index (κ3) is 4.27. The van der Waals surface area contributed by atoms with Crippen molar-refractivity contribution in [2.24, 2.45) is 0 Å². The Hall–Kier alpha value is -3.44. The minimum atomic E-state index is -0.665. The molecule has 0 saturated carbocycles. The van der Waals surface area contributed by atoms with Gasteiger partial charge < -0.3 is 10.4 Å². The summed E-state index contributed by atoms with van der Waals surface area (Å²) in [5.41, 5.74) is 2.73. The third-order valence-electron chi connectivity index (χ3n) is 3.55. The molecule has 1 heterocycles. The third-order valence-corrected chi connectivity index (χ3v) is 4.85. The van der Waals surface area contributed by atoms with Crippen molar-refractivity contribution in [2.45, 2.75) is 0 Å². The molecule has 0 unspecified atom stereocenters. The number of nitrogens with zero attached hydrogens (tertiary/aromatic N) is 2. The first-order valence-corrected chi connectivity index (χ1v) is 8.95. The normalized spacial score (nSPS) is 15.0. The number of hydrazine groups is 1. The molecule has 2 aromatic carbocycles. The Bertz CT molecular complexity index is 1010. The number of aromatic hydroxyl groups is 1. The van der Waals surface area contributed by atoms with Gasteiger partial charge in [0, 0.05) is 23.4 Å². The summed E-state index contributed by atoms with van der Waals surface area (Å²) in [4.78, 5) is 35.0. The number of para-hydroxylation sites is 1. The molecule has 1 aliphatic rings. The second-order valence-electron chi connectivity index (χ2n) is 5.45. The van der Waals surface area contributed by atoms with Crippen LogP contribution in [0.2, 0.25) is 0 Å². The fourth-order valence-corrected chi connectivity index (χ4v) is 3.43. The summed E-state index contributed by atoms with van der Waals surface area (Å²) in [5, 5.41) is 24.2. The molecule has 0 atom stereocenters. The van der Waals surface area contributed by atoms with E-state index >= 15 is 0 Å². The number of thiocarbonyl (C=S) groups is 1. The van der Waals surface area contributed by atoms with Crippen molar-refractivity contribution in [1.29, 1.82) is 0 Å². The predicted molar refractivity (Wildman–Crippen MR) is 108 cm³/mol. The van der Waals surface area contributed by atoms with Crippen LogP contribution in [-0.4, -0.2) is 31.3 Å². The van der Waals surface area contributed by atoms with Gasteiger partial charge in [0.05, 0.1) is 9.83 Å². The zero-order valence-corrected chi connectivity index (χ0v) is 15.6. The van der Waals surface area contributed by atoms with E-state index in [1.165, 1.54) is 6.08 Å². The molecule has 0 spiro atoms. The Morgan fingerprint density at radius 1 is 1.25 bits per heavy atom. The number of anilines is 1. The molecule has 142 valence electrons. The lowest BCUT2D eigenvalue weighted by molar-refractivity contribution is -0.384. The average molecular weight is 416 g/mol. The first-order valence-electron chi connectivity index (χ1n) is 7.73. The number of carbonyl (C=O) groups excluding carboxylic acids is 2. The highest BCUT2D eigenvalue weighted by atomic mass is 32.2. The predicted octanol–water partition coefficient (Wildman–Crippen LogP) is 3.24. The molecule has 11 heteroatoms. The molecule has 0 aliphatic carbocycles. The van der Waals surface area contributed by atoms with E-state index in [0.29, 0.717) is 5.69 Å². The van der Waals surface area contributed by atoms with Gasteiger partial charge in [-0.1, -0.05) is 30.0 Å². The lowest BCUT2D eigenvalue weighted by Crippen LogP contribution is -2.46. The Morgan fingerprint density at radius 2 is 1.96 bits per heavy atom. The molecule has 0 radical (unpaired) electrons. The quantitative estimate of drug-likeness (QED) is 0.302. The van der Waals surface area contributed by atoms with Gasteiger partial charge in [-0.3, -0.25) is 14.9 Å². The summed E-state index contributed by atoms with van der Waals surface area (Å²) in [5.74, 6) is -0.852. The highest BCUT2D eigenvalue weighted by Crippen LogP contribution is 2.34. The van der Waals surface area contributed by atoms with Crippen LogP contribution in [0.3, 0.4) is 0 Å². The number of phenolic OH excluding ortho intramolecular Hbond substituents is 1. The molecular weight excluding hydrogens is 404 g/mol. The molecule has 1 saturated heterocycles. The largest absolute Gasteiger partial charge is 0.507 e. The molecule has 1 fully saturated rings. The molecular formula is C17H12N4O5S2. The maximum Gasteiger partial charge on any atom is 0.338 e. The van der Waals surface area contributed by atoms with Gasteiger partial charge in [-0.05, 0) is 36.5 Å². The lowest BCUT2D eigenvalue weighted by Gasteiger charge is -2.16. The number of benzene rings is 2. The van der Waals surface area contributed by atoms with E-state index in [-0.39, 0.29) is 26.2 Å². The molecule has 0 aromatic heterocycles. The standard InChI is InChI=1S/C17H12N4O5S2/c22-13-7-6-12(21(25)26)8-10(13)9-14-15(23)20(17(27)28-14)19-16(24)18-11-4-2-1-3-5-11/h1-9,22H,(H2,18,19,24). The SMILES string of the molecule is O=C(Nc1ccccc1)NN1C(=O)C(=Cc2cc([N+](=O)[O-])ccc2O)SC1=S. The van der Waals surface area contributed by atoms with Crippen LogP contribution < -0.4 is 10.7 Å². The summed E-state index contributed by atoms with van der Waals surface area (Å²) in [7, 11) is 0. The fraction of sp³-hybridized carbons (Fsp3) is 0. The van der Waals surface area contributed by atoms with Crippen molar-refractivity contribution >= 4 is 57.7 Å². The number of phenols is 1. The van der Waals surface area contributed by atoms with Gasteiger partial charge in [0.15, 0.2) is 4.32 Å². The van der Waals surface area contributed by atoms with Crippen LogP contribution in [0.5, 0.6) is 5.75 Å². The van der Waals surface area contributed by atoms with E-state index in [2.05, 4.69) is 10.7 Å². The zero-order valence-electron chi connectivity index (χ0n) is 14.0. The highest BCUT2D eigenvalue weighted by molar-refractivity contribution is 8.26. The van der Waals surface area contributed by atoms with E-state index in [9.17, 15) is 24.8 Å². The maximum atomic E-state index is 12.5. The Kier molecular flexibility index (Phi) is 5.57. The smallest absolute Gasteiger partial charge is 0.338 e. The van der Waals surface area contributed by atoms with Crippen molar-refractivity contribution < 1.29 is 19.6 Å². The minimum absolute atomic E-state index is 0.0735. The summed E-state index contributed by atoms with van der Waals surface area (Å²) in [6.07, 6.45) is 1.28. The zero-order chi connectivity index (χ0) is 20.3. The number of urea groups is 1. The van der Waals surface area contributed by atoms with Crippen molar-refractivity contribution in [2.75, 3.05) is 5.32 Å². The molecule has 1 aliphatic heterocycles. The van der Waals surface area contributed by atoms with E-state index < -0.39 is 16.9 Å². The monoisotopic (exact) mass is 416 g/mol. The molecule has 28 heavy (non-hydrogen) atoms. The molecule has 0 bridgehead atoms. The summed E-state index contributed by atoms with van der Waals surface area (Å²) >= 11 is 6.00. The Labute approximate surface area is 168 Å². The Morgan fingerprint density at radius 3 is 2.64 bits per heavy atom. The average Bonchev–Trinajstić information content (AvgIpc) is 2.91. The van der Waals surface area contributed by atoms with Crippen molar-refractivity contribution in [3.05, 3.63) is 69.1 Å². The van der Waals surface area contributed by atoms with E-state index in [1.54, 1.807) is 30.3 Å². The maximum absolute atomic E-state index is 12.5. The molecule has 3 N–H and O–H groups in total. The van der Waals surface area contributed by atoms with Gasteiger partial charge in [0.2, 0.25) is 0 Å². The van der Waals surface area contributed by atoms with Crippen LogP contribution in [0.1, 0.15) is 5.56 Å². The summed E-state index contributed by atoms with van der Waals surface area (Å²) in [6.45, 7) is 0. The number of thioether (sulfide) groups is 1. The number of amides is 3. The topological polar surface area (TPSA) is 125 Å². The Balaban J connectivity index is 1.76. The van der Waals surface area contributed by atoms with Crippen molar-refractivity contribution in [3.63, 3.8) is 0 Å². The molecule has 9 nitrogen and oxygen atoms in total. The number of non-ortho nitro benzene ring substituents is 1. The molecule has 3 rings (SSSR count). The minimum Gasteiger partial charge on any atom is -0.507 e. The number of nitro benzene ring substituents is 1. The van der Waals surface area contributed by atoms with Gasteiger partial charge in [0.1, 0.15) is 5.75 Å². The lowest BCUT2D eigenvalue weighted by atomic mass is 10.1. The van der Waals surface area contributed by atoms with Crippen LogP contribution >= 0.6 is 24.0 Å². The van der Waals surface area contributed by atoms with Crippen molar-refractivity contribution in [3.8, 4) is 5.75 Å². The number of rotatable bonds is 4. The van der Waals surface area contributed by atoms with Crippen LogP contribution in [0.4, 0.5) is 16.2 Å². The number of nitrogens with one attached hydrogen (secondary N) is 2. The van der Waals surface area contributed by atoms with Gasteiger partial charge in [-0.15, -0.1) is 0 Å². The van der Waals surface area contributed by atoms with E-state index in [1.807, 2.05) is 0 Å². The van der Waals surface area contributed by atoms with Crippen LogP contribution in [0.15, 0.2) is 53.4 Å². The fourth-order valence-electron chi connectivity index (χ4n) is 2.26. The number of hydrogen-bond donors (Lipinski definition) is 3. The van der Waals surface area contributed by atoms with Crippen LogP contribution in [0, 0.1) is 10.1 Å². The number of carbonyl (C=O) groups is 2. The molecule has 2 aromatic rings. The number of hydrogen-bond acceptors (Lipinski definition) is 7. The van der Waals surface area contributed by atoms with Gasteiger partial charge in [-0.2, -0.15) is 5.01 Å². The van der Waals surface area contributed by atoms with Crippen molar-refractivity contribution in [1.82, 2.24) is 10.4 Å². The highest BCUT2D eigenvalue weighted by Gasteiger charge is 2.34.